The van der Waals surface area contributed by atoms with Crippen molar-refractivity contribution in [3.8, 4) is 0 Å². The molecule has 1 fully saturated rings. The van der Waals surface area contributed by atoms with Gasteiger partial charge in [0.2, 0.25) is 0 Å². The molecule has 0 radical (unpaired) electrons. The van der Waals surface area contributed by atoms with Crippen molar-refractivity contribution in [1.29, 1.82) is 0 Å². The minimum Gasteiger partial charge on any atom is -0.465 e. The third-order valence-corrected chi connectivity index (χ3v) is 2.48. The molecule has 2 amide bonds. The minimum absolute atomic E-state index is 0.0123. The maximum absolute atomic E-state index is 11.5. The highest BCUT2D eigenvalue weighted by molar-refractivity contribution is 5.68. The van der Waals surface area contributed by atoms with E-state index in [-0.39, 0.29) is 12.1 Å². The first kappa shape index (κ1) is 13.6. The number of amides is 2. The number of ether oxygens (including phenoxy) is 1. The van der Waals surface area contributed by atoms with E-state index in [4.69, 9.17) is 9.84 Å². The molecule has 0 aromatic carbocycles. The summed E-state index contributed by atoms with van der Waals surface area (Å²) in [5.74, 6) is 0. The van der Waals surface area contributed by atoms with Crippen LogP contribution in [0.15, 0.2) is 0 Å². The third kappa shape index (κ3) is 5.42. The molecular formula is C11H20N2O4. The van der Waals surface area contributed by atoms with Crippen LogP contribution in [-0.2, 0) is 4.74 Å². The lowest BCUT2D eigenvalue weighted by atomic mass is 10.2. The Hall–Kier alpha value is -1.46. The molecule has 1 rings (SSSR count). The van der Waals surface area contributed by atoms with E-state index >= 15 is 0 Å². The fraction of sp³-hybridized carbons (Fsp3) is 0.818. The summed E-state index contributed by atoms with van der Waals surface area (Å²) in [6, 6.07) is -0.0888. The number of hydrogen-bond donors (Lipinski definition) is 3. The van der Waals surface area contributed by atoms with E-state index in [9.17, 15) is 9.59 Å². The molecule has 1 saturated carbocycles. The van der Waals surface area contributed by atoms with Crippen molar-refractivity contribution in [3.63, 3.8) is 0 Å². The summed E-state index contributed by atoms with van der Waals surface area (Å²) in [6.45, 7) is 5.40. The van der Waals surface area contributed by atoms with E-state index in [2.05, 4.69) is 10.6 Å². The van der Waals surface area contributed by atoms with E-state index in [1.807, 2.05) is 0 Å². The summed E-state index contributed by atoms with van der Waals surface area (Å²) in [7, 11) is 0. The van der Waals surface area contributed by atoms with Crippen molar-refractivity contribution in [2.75, 3.05) is 0 Å². The van der Waals surface area contributed by atoms with Crippen LogP contribution in [0.4, 0.5) is 9.59 Å². The van der Waals surface area contributed by atoms with Gasteiger partial charge in [-0.15, -0.1) is 0 Å². The zero-order valence-electron chi connectivity index (χ0n) is 10.4. The Balaban J connectivity index is 2.30. The van der Waals surface area contributed by atoms with Gasteiger partial charge in [0, 0.05) is 12.1 Å². The van der Waals surface area contributed by atoms with Crippen LogP contribution in [0.1, 0.15) is 40.0 Å². The van der Waals surface area contributed by atoms with Crippen LogP contribution in [0.2, 0.25) is 0 Å². The molecule has 3 N–H and O–H groups in total. The molecule has 17 heavy (non-hydrogen) atoms. The number of carbonyl (C=O) groups excluding carboxylic acids is 1. The molecule has 1 aliphatic carbocycles. The maximum atomic E-state index is 11.5. The van der Waals surface area contributed by atoms with Gasteiger partial charge in [-0.2, -0.15) is 0 Å². The van der Waals surface area contributed by atoms with Crippen LogP contribution in [0, 0.1) is 0 Å². The first-order valence-corrected chi connectivity index (χ1v) is 5.75. The van der Waals surface area contributed by atoms with Crippen LogP contribution >= 0.6 is 0 Å². The van der Waals surface area contributed by atoms with Gasteiger partial charge in [-0.3, -0.25) is 0 Å². The molecule has 98 valence electrons. The second-order valence-electron chi connectivity index (χ2n) is 5.30. The average molecular weight is 244 g/mol. The van der Waals surface area contributed by atoms with Gasteiger partial charge in [-0.25, -0.2) is 9.59 Å². The molecule has 0 aromatic heterocycles. The quantitative estimate of drug-likeness (QED) is 0.690. The second-order valence-corrected chi connectivity index (χ2v) is 5.30. The van der Waals surface area contributed by atoms with Gasteiger partial charge < -0.3 is 20.5 Å². The van der Waals surface area contributed by atoms with E-state index in [1.54, 1.807) is 20.8 Å². The smallest absolute Gasteiger partial charge is 0.407 e. The van der Waals surface area contributed by atoms with Crippen LogP contribution in [-0.4, -0.2) is 35.0 Å². The summed E-state index contributed by atoms with van der Waals surface area (Å²) in [5.41, 5.74) is -0.512. The van der Waals surface area contributed by atoms with Gasteiger partial charge in [-0.05, 0) is 40.0 Å². The molecule has 6 nitrogen and oxygen atoms in total. The predicted molar refractivity (Wildman–Crippen MR) is 62.0 cm³/mol. The zero-order valence-corrected chi connectivity index (χ0v) is 10.4. The molecule has 0 spiro atoms. The van der Waals surface area contributed by atoms with Gasteiger partial charge in [0.25, 0.3) is 0 Å². The largest absolute Gasteiger partial charge is 0.465 e. The molecule has 6 heteroatoms. The Morgan fingerprint density at radius 1 is 1.18 bits per heavy atom. The van der Waals surface area contributed by atoms with Crippen LogP contribution < -0.4 is 10.6 Å². The van der Waals surface area contributed by atoms with E-state index in [0.29, 0.717) is 6.42 Å². The summed E-state index contributed by atoms with van der Waals surface area (Å²) in [5, 5.41) is 13.7. The Morgan fingerprint density at radius 3 is 2.18 bits per heavy atom. The fourth-order valence-electron chi connectivity index (χ4n) is 1.89. The normalized spacial score (nSPS) is 24.2. The van der Waals surface area contributed by atoms with Crippen LogP contribution in [0.25, 0.3) is 0 Å². The van der Waals surface area contributed by atoms with Crippen molar-refractivity contribution < 1.29 is 19.4 Å². The van der Waals surface area contributed by atoms with Gasteiger partial charge in [0.1, 0.15) is 5.60 Å². The third-order valence-electron chi connectivity index (χ3n) is 2.48. The lowest BCUT2D eigenvalue weighted by Crippen LogP contribution is -2.39. The highest BCUT2D eigenvalue weighted by atomic mass is 16.6. The molecular weight excluding hydrogens is 224 g/mol. The van der Waals surface area contributed by atoms with E-state index in [0.717, 1.165) is 12.8 Å². The molecule has 0 heterocycles. The molecule has 1 aliphatic rings. The van der Waals surface area contributed by atoms with Crippen molar-refractivity contribution in [1.82, 2.24) is 10.6 Å². The first-order valence-electron chi connectivity index (χ1n) is 5.75. The Kier molecular flexibility index (Phi) is 4.20. The number of carboxylic acid groups (broad SMARTS) is 1. The Bertz CT molecular complexity index is 298. The highest BCUT2D eigenvalue weighted by Crippen LogP contribution is 2.19. The molecule has 0 saturated heterocycles. The van der Waals surface area contributed by atoms with Crippen LogP contribution in [0.5, 0.6) is 0 Å². The highest BCUT2D eigenvalue weighted by Gasteiger charge is 2.28. The molecule has 0 bridgehead atoms. The number of rotatable bonds is 2. The predicted octanol–water partition coefficient (Wildman–Crippen LogP) is 1.70. The number of hydrogen-bond acceptors (Lipinski definition) is 3. The monoisotopic (exact) mass is 244 g/mol. The topological polar surface area (TPSA) is 87.7 Å². The SMILES string of the molecule is CC(C)(C)OC(=O)NC1CCC(NC(=O)O)C1. The van der Waals surface area contributed by atoms with Crippen molar-refractivity contribution in [2.24, 2.45) is 0 Å². The van der Waals surface area contributed by atoms with Gasteiger partial charge >= 0.3 is 12.2 Å². The minimum atomic E-state index is -1.02. The van der Waals surface area contributed by atoms with Crippen molar-refractivity contribution in [3.05, 3.63) is 0 Å². The van der Waals surface area contributed by atoms with Gasteiger partial charge in [0.15, 0.2) is 0 Å². The molecule has 0 aliphatic heterocycles. The first-order chi connectivity index (χ1) is 7.76. The Labute approximate surface area is 101 Å². The fourth-order valence-corrected chi connectivity index (χ4v) is 1.89. The lowest BCUT2D eigenvalue weighted by Gasteiger charge is -2.21. The van der Waals surface area contributed by atoms with E-state index in [1.165, 1.54) is 0 Å². The number of carbonyl (C=O) groups is 2. The number of alkyl carbamates (subject to hydrolysis) is 1. The lowest BCUT2D eigenvalue weighted by molar-refractivity contribution is 0.0505. The molecule has 2 unspecified atom stereocenters. The Morgan fingerprint density at radius 2 is 1.71 bits per heavy atom. The summed E-state index contributed by atoms with van der Waals surface area (Å²) in [4.78, 5) is 21.9. The summed E-state index contributed by atoms with van der Waals surface area (Å²) >= 11 is 0. The van der Waals surface area contributed by atoms with E-state index < -0.39 is 17.8 Å². The maximum Gasteiger partial charge on any atom is 0.407 e. The molecule has 2 atom stereocenters. The number of nitrogens with one attached hydrogen (secondary N) is 2. The van der Waals surface area contributed by atoms with Crippen LogP contribution in [0.3, 0.4) is 0 Å². The molecule has 0 aromatic rings. The van der Waals surface area contributed by atoms with Gasteiger partial charge in [-0.1, -0.05) is 0 Å². The standard InChI is InChI=1S/C11H20N2O4/c1-11(2,3)17-10(16)13-8-5-4-7(6-8)12-9(14)15/h7-8,12H,4-6H2,1-3H3,(H,13,16)(H,14,15). The second kappa shape index (κ2) is 5.25. The summed E-state index contributed by atoms with van der Waals surface area (Å²) in [6.07, 6.45) is 0.661. The van der Waals surface area contributed by atoms with Crippen molar-refractivity contribution in [2.45, 2.75) is 57.7 Å². The average Bonchev–Trinajstić information content (AvgIpc) is 2.46. The van der Waals surface area contributed by atoms with Gasteiger partial charge in [0.05, 0.1) is 0 Å². The zero-order chi connectivity index (χ0) is 13.1. The van der Waals surface area contributed by atoms with Crippen molar-refractivity contribution >= 4 is 12.2 Å². The summed E-state index contributed by atoms with van der Waals surface area (Å²) < 4.78 is 5.13.